The van der Waals surface area contributed by atoms with Crippen molar-refractivity contribution < 1.29 is 9.53 Å². The van der Waals surface area contributed by atoms with Gasteiger partial charge in [0.1, 0.15) is 24.0 Å². The van der Waals surface area contributed by atoms with Gasteiger partial charge in [-0.1, -0.05) is 29.8 Å². The van der Waals surface area contributed by atoms with Crippen molar-refractivity contribution in [3.8, 4) is 17.5 Å². The Morgan fingerprint density at radius 3 is 2.69 bits per heavy atom. The number of nitrogens with zero attached hydrogens (tertiary/aromatic N) is 3. The van der Waals surface area contributed by atoms with Gasteiger partial charge in [-0.15, -0.1) is 0 Å². The topological polar surface area (TPSA) is 93.9 Å². The fraction of sp³-hybridized carbons (Fsp3) is 0.105. The Bertz CT molecular complexity index is 1010. The highest BCUT2D eigenvalue weighted by molar-refractivity contribution is 6.31. The predicted octanol–water partition coefficient (Wildman–Crippen LogP) is 3.38. The molecule has 3 rings (SSSR count). The number of hydrogen-bond donors (Lipinski definition) is 1. The monoisotopic (exact) mass is 366 g/mol. The van der Waals surface area contributed by atoms with E-state index < -0.39 is 5.91 Å². The summed E-state index contributed by atoms with van der Waals surface area (Å²) in [6, 6.07) is 16.2. The van der Waals surface area contributed by atoms with Crippen molar-refractivity contribution in [1.29, 1.82) is 5.26 Å². The molecular weight excluding hydrogens is 352 g/mol. The van der Waals surface area contributed by atoms with E-state index in [-0.39, 0.29) is 12.2 Å². The minimum absolute atomic E-state index is 0.0422. The number of carbonyl (C=O) groups is 1. The summed E-state index contributed by atoms with van der Waals surface area (Å²) in [6.07, 6.45) is 0. The molecule has 26 heavy (non-hydrogen) atoms. The van der Waals surface area contributed by atoms with Crippen LogP contribution in [0, 0.1) is 18.3 Å². The fourth-order valence-electron chi connectivity index (χ4n) is 2.60. The number of halogens is 1. The highest BCUT2D eigenvalue weighted by Crippen LogP contribution is 2.25. The van der Waals surface area contributed by atoms with Gasteiger partial charge in [0, 0.05) is 5.02 Å². The maximum absolute atomic E-state index is 11.6. The van der Waals surface area contributed by atoms with E-state index in [1.807, 2.05) is 30.3 Å². The zero-order valence-corrected chi connectivity index (χ0v) is 14.7. The van der Waals surface area contributed by atoms with Gasteiger partial charge in [0.05, 0.1) is 22.6 Å². The molecule has 1 amide bonds. The number of primary amides is 1. The number of benzene rings is 2. The maximum Gasteiger partial charge on any atom is 0.252 e. The normalized spacial score (nSPS) is 10.3. The van der Waals surface area contributed by atoms with Crippen molar-refractivity contribution in [2.45, 2.75) is 13.5 Å². The van der Waals surface area contributed by atoms with Crippen LogP contribution in [-0.2, 0) is 6.61 Å². The Hall–Kier alpha value is -3.30. The number of nitriles is 1. The largest absolute Gasteiger partial charge is 0.486 e. The van der Waals surface area contributed by atoms with Crippen molar-refractivity contribution in [3.63, 3.8) is 0 Å². The molecule has 0 saturated carbocycles. The van der Waals surface area contributed by atoms with Crippen molar-refractivity contribution >= 4 is 17.5 Å². The minimum atomic E-state index is -0.643. The lowest BCUT2D eigenvalue weighted by Gasteiger charge is -2.12. The quantitative estimate of drug-likeness (QED) is 0.748. The minimum Gasteiger partial charge on any atom is -0.486 e. The standard InChI is InChI=1S/C19H15ClN4O2/c1-12-16(10-21)17(24(23-12)14-5-3-2-4-6-14)11-26-18-8-7-13(20)9-15(18)19(22)25/h2-9H,11H2,1H3,(H2,22,25). The number of nitrogens with two attached hydrogens (primary N) is 1. The molecule has 1 heterocycles. The Kier molecular flexibility index (Phi) is 4.92. The smallest absolute Gasteiger partial charge is 0.252 e. The van der Waals surface area contributed by atoms with Crippen LogP contribution in [0.2, 0.25) is 5.02 Å². The van der Waals surface area contributed by atoms with Crippen LogP contribution in [0.15, 0.2) is 48.5 Å². The average molecular weight is 367 g/mol. The predicted molar refractivity (Wildman–Crippen MR) is 97.3 cm³/mol. The zero-order valence-electron chi connectivity index (χ0n) is 13.9. The van der Waals surface area contributed by atoms with E-state index in [0.717, 1.165) is 5.69 Å². The third kappa shape index (κ3) is 3.39. The van der Waals surface area contributed by atoms with Gasteiger partial charge in [0.25, 0.3) is 5.91 Å². The van der Waals surface area contributed by atoms with E-state index in [1.165, 1.54) is 6.07 Å². The van der Waals surface area contributed by atoms with Gasteiger partial charge < -0.3 is 10.5 Å². The van der Waals surface area contributed by atoms with Gasteiger partial charge in [-0.2, -0.15) is 10.4 Å². The van der Waals surface area contributed by atoms with E-state index in [4.69, 9.17) is 22.1 Å². The molecule has 0 aliphatic carbocycles. The van der Waals surface area contributed by atoms with Crippen LogP contribution in [0.25, 0.3) is 5.69 Å². The number of aromatic nitrogens is 2. The molecule has 6 nitrogen and oxygen atoms in total. The second-order valence-electron chi connectivity index (χ2n) is 5.56. The summed E-state index contributed by atoms with van der Waals surface area (Å²) in [5.41, 5.74) is 7.99. The SMILES string of the molecule is Cc1nn(-c2ccccc2)c(COc2ccc(Cl)cc2C(N)=O)c1C#N. The number of amides is 1. The molecule has 0 unspecified atom stereocenters. The Morgan fingerprint density at radius 2 is 2.04 bits per heavy atom. The lowest BCUT2D eigenvalue weighted by Crippen LogP contribution is -2.14. The molecule has 2 N–H and O–H groups in total. The van der Waals surface area contributed by atoms with Crippen LogP contribution < -0.4 is 10.5 Å². The highest BCUT2D eigenvalue weighted by Gasteiger charge is 2.18. The van der Waals surface area contributed by atoms with Crippen LogP contribution in [0.5, 0.6) is 5.75 Å². The molecule has 1 aromatic heterocycles. The Labute approximate surface area is 155 Å². The van der Waals surface area contributed by atoms with Gasteiger partial charge >= 0.3 is 0 Å². The van der Waals surface area contributed by atoms with Gasteiger partial charge in [-0.3, -0.25) is 4.79 Å². The van der Waals surface area contributed by atoms with Crippen LogP contribution in [0.1, 0.15) is 27.3 Å². The third-order valence-corrected chi connectivity index (χ3v) is 4.08. The van der Waals surface area contributed by atoms with Gasteiger partial charge in [-0.05, 0) is 37.3 Å². The lowest BCUT2D eigenvalue weighted by molar-refractivity contribution is 0.0996. The molecule has 0 spiro atoms. The number of para-hydroxylation sites is 1. The lowest BCUT2D eigenvalue weighted by atomic mass is 10.2. The van der Waals surface area contributed by atoms with E-state index in [0.29, 0.717) is 27.7 Å². The highest BCUT2D eigenvalue weighted by atomic mass is 35.5. The van der Waals surface area contributed by atoms with Crippen molar-refractivity contribution in [2.75, 3.05) is 0 Å². The summed E-state index contributed by atoms with van der Waals surface area (Å²) >= 11 is 5.91. The Morgan fingerprint density at radius 1 is 1.31 bits per heavy atom. The molecule has 130 valence electrons. The molecule has 2 aromatic carbocycles. The summed E-state index contributed by atoms with van der Waals surface area (Å²) < 4.78 is 7.45. The number of ether oxygens (including phenoxy) is 1. The summed E-state index contributed by atoms with van der Waals surface area (Å²) in [5.74, 6) is -0.347. The van der Waals surface area contributed by atoms with Crippen LogP contribution in [0.4, 0.5) is 0 Å². The molecule has 0 atom stereocenters. The van der Waals surface area contributed by atoms with Crippen LogP contribution in [-0.4, -0.2) is 15.7 Å². The summed E-state index contributed by atoms with van der Waals surface area (Å²) in [5, 5.41) is 14.3. The first-order valence-corrected chi connectivity index (χ1v) is 8.15. The summed E-state index contributed by atoms with van der Waals surface area (Å²) in [6.45, 7) is 1.80. The molecule has 0 saturated heterocycles. The van der Waals surface area contributed by atoms with E-state index in [9.17, 15) is 10.1 Å². The van der Waals surface area contributed by atoms with E-state index in [1.54, 1.807) is 23.7 Å². The molecule has 0 bridgehead atoms. The summed E-state index contributed by atoms with van der Waals surface area (Å²) in [4.78, 5) is 11.6. The molecule has 0 aliphatic heterocycles. The first kappa shape index (κ1) is 17.5. The van der Waals surface area contributed by atoms with Crippen molar-refractivity contribution in [3.05, 3.63) is 76.1 Å². The zero-order chi connectivity index (χ0) is 18.7. The molecular formula is C19H15ClN4O2. The third-order valence-electron chi connectivity index (χ3n) is 3.84. The fourth-order valence-corrected chi connectivity index (χ4v) is 2.78. The average Bonchev–Trinajstić information content (AvgIpc) is 2.96. The van der Waals surface area contributed by atoms with Crippen molar-refractivity contribution in [1.82, 2.24) is 9.78 Å². The first-order valence-electron chi connectivity index (χ1n) is 7.77. The molecule has 0 radical (unpaired) electrons. The molecule has 3 aromatic rings. The number of aryl methyl sites for hydroxylation is 1. The molecule has 0 fully saturated rings. The number of rotatable bonds is 5. The second-order valence-corrected chi connectivity index (χ2v) is 6.00. The van der Waals surface area contributed by atoms with E-state index >= 15 is 0 Å². The number of carbonyl (C=O) groups excluding carboxylic acids is 1. The van der Waals surface area contributed by atoms with Crippen LogP contribution in [0.3, 0.4) is 0 Å². The van der Waals surface area contributed by atoms with E-state index in [2.05, 4.69) is 11.2 Å². The number of hydrogen-bond acceptors (Lipinski definition) is 4. The first-order chi connectivity index (χ1) is 12.5. The van der Waals surface area contributed by atoms with Crippen LogP contribution >= 0.6 is 11.6 Å². The molecule has 7 heteroatoms. The van der Waals surface area contributed by atoms with Gasteiger partial charge in [0.2, 0.25) is 0 Å². The van der Waals surface area contributed by atoms with Gasteiger partial charge in [-0.25, -0.2) is 4.68 Å². The molecule has 0 aliphatic rings. The maximum atomic E-state index is 11.6. The van der Waals surface area contributed by atoms with Crippen molar-refractivity contribution in [2.24, 2.45) is 5.73 Å². The van der Waals surface area contributed by atoms with Gasteiger partial charge in [0.15, 0.2) is 0 Å². The second kappa shape index (κ2) is 7.30. The summed E-state index contributed by atoms with van der Waals surface area (Å²) in [7, 11) is 0. The Balaban J connectivity index is 1.99.